The van der Waals surface area contributed by atoms with Gasteiger partial charge in [0.25, 0.3) is 11.1 Å². The lowest BCUT2D eigenvalue weighted by Gasteiger charge is -2.13. The van der Waals surface area contributed by atoms with E-state index in [0.29, 0.717) is 27.5 Å². The number of thioether (sulfide) groups is 1. The van der Waals surface area contributed by atoms with Gasteiger partial charge in [0, 0.05) is 5.56 Å². The second-order valence-electron chi connectivity index (χ2n) is 7.72. The SMILES string of the molecule is COc1cc(/C=C2\SC(=O)N(Cc3cccc(C)c3)C2=O)ccc1OCc1ccccc1C#N. The third kappa shape index (κ3) is 5.13. The molecule has 0 aromatic heterocycles. The average molecular weight is 471 g/mol. The van der Waals surface area contributed by atoms with Crippen LogP contribution in [0.2, 0.25) is 0 Å². The van der Waals surface area contributed by atoms with Crippen molar-refractivity contribution in [3.8, 4) is 17.6 Å². The Balaban J connectivity index is 1.50. The summed E-state index contributed by atoms with van der Waals surface area (Å²) in [6.45, 7) is 2.43. The standard InChI is InChI=1S/C27H22N2O4S/c1-18-6-5-7-20(12-18)16-29-26(30)25(34-27(29)31)14-19-10-11-23(24(13-19)32-2)33-17-22-9-4-3-8-21(22)15-28/h3-14H,16-17H2,1-2H3/b25-14-. The summed E-state index contributed by atoms with van der Waals surface area (Å²) in [5.41, 5.74) is 4.02. The fourth-order valence-electron chi connectivity index (χ4n) is 3.58. The van der Waals surface area contributed by atoms with Crippen LogP contribution in [-0.4, -0.2) is 23.2 Å². The van der Waals surface area contributed by atoms with E-state index in [-0.39, 0.29) is 24.3 Å². The van der Waals surface area contributed by atoms with Crippen LogP contribution in [0.5, 0.6) is 11.5 Å². The van der Waals surface area contributed by atoms with E-state index in [1.165, 1.54) is 12.0 Å². The van der Waals surface area contributed by atoms with E-state index in [0.717, 1.165) is 28.5 Å². The van der Waals surface area contributed by atoms with Gasteiger partial charge in [-0.2, -0.15) is 5.26 Å². The number of ether oxygens (including phenoxy) is 2. The van der Waals surface area contributed by atoms with E-state index in [1.807, 2.05) is 43.3 Å². The Morgan fingerprint density at radius 1 is 1.03 bits per heavy atom. The van der Waals surface area contributed by atoms with Crippen molar-refractivity contribution in [1.82, 2.24) is 4.90 Å². The second kappa shape index (κ2) is 10.3. The van der Waals surface area contributed by atoms with Gasteiger partial charge in [0.2, 0.25) is 0 Å². The Morgan fingerprint density at radius 2 is 1.85 bits per heavy atom. The van der Waals surface area contributed by atoms with E-state index in [9.17, 15) is 14.9 Å². The summed E-state index contributed by atoms with van der Waals surface area (Å²) in [5, 5.41) is 8.96. The van der Waals surface area contributed by atoms with E-state index >= 15 is 0 Å². The molecule has 6 nitrogen and oxygen atoms in total. The van der Waals surface area contributed by atoms with E-state index < -0.39 is 0 Å². The molecule has 3 aromatic carbocycles. The van der Waals surface area contributed by atoms with E-state index in [2.05, 4.69) is 6.07 Å². The normalized spacial score (nSPS) is 14.4. The molecule has 0 aliphatic carbocycles. The first-order valence-corrected chi connectivity index (χ1v) is 11.4. The van der Waals surface area contributed by atoms with Crippen molar-refractivity contribution in [3.05, 3.63) is 99.5 Å². The van der Waals surface area contributed by atoms with Crippen LogP contribution in [0.25, 0.3) is 6.08 Å². The molecule has 0 radical (unpaired) electrons. The Hall–Kier alpha value is -4.02. The molecule has 7 heteroatoms. The highest BCUT2D eigenvalue weighted by molar-refractivity contribution is 8.18. The summed E-state index contributed by atoms with van der Waals surface area (Å²) < 4.78 is 11.3. The average Bonchev–Trinajstić information content (AvgIpc) is 3.10. The number of methoxy groups -OCH3 is 1. The maximum atomic E-state index is 12.9. The van der Waals surface area contributed by atoms with Gasteiger partial charge in [-0.05, 0) is 54.1 Å². The summed E-state index contributed by atoms with van der Waals surface area (Å²) in [5.74, 6) is 0.686. The van der Waals surface area contributed by atoms with Gasteiger partial charge in [0.15, 0.2) is 11.5 Å². The van der Waals surface area contributed by atoms with Crippen LogP contribution in [0.4, 0.5) is 4.79 Å². The molecule has 1 aliphatic rings. The van der Waals surface area contributed by atoms with Crippen molar-refractivity contribution in [3.63, 3.8) is 0 Å². The van der Waals surface area contributed by atoms with E-state index in [1.54, 1.807) is 36.4 Å². The van der Waals surface area contributed by atoms with Crippen LogP contribution in [-0.2, 0) is 17.9 Å². The molecule has 0 unspecified atom stereocenters. The van der Waals surface area contributed by atoms with Gasteiger partial charge in [-0.25, -0.2) is 0 Å². The van der Waals surface area contributed by atoms with Gasteiger partial charge in [-0.15, -0.1) is 0 Å². The lowest BCUT2D eigenvalue weighted by Crippen LogP contribution is -2.27. The number of carbonyl (C=O) groups is 2. The highest BCUT2D eigenvalue weighted by atomic mass is 32.2. The molecule has 170 valence electrons. The molecule has 0 N–H and O–H groups in total. The molecule has 0 spiro atoms. The number of aryl methyl sites for hydroxylation is 1. The fraction of sp³-hybridized carbons (Fsp3) is 0.148. The molecule has 4 rings (SSSR count). The monoisotopic (exact) mass is 470 g/mol. The molecule has 1 saturated heterocycles. The zero-order valence-electron chi connectivity index (χ0n) is 18.8. The summed E-state index contributed by atoms with van der Waals surface area (Å²) in [6, 6.07) is 22.4. The predicted molar refractivity (Wildman–Crippen MR) is 131 cm³/mol. The van der Waals surface area contributed by atoms with Gasteiger partial charge in [0.05, 0.1) is 30.2 Å². The van der Waals surface area contributed by atoms with Gasteiger partial charge in [0.1, 0.15) is 6.61 Å². The van der Waals surface area contributed by atoms with Gasteiger partial charge < -0.3 is 9.47 Å². The number of imide groups is 1. The third-order valence-corrected chi connectivity index (χ3v) is 6.21. The number of benzene rings is 3. The van der Waals surface area contributed by atoms with Gasteiger partial charge in [-0.1, -0.05) is 54.1 Å². The molecular formula is C27H22N2O4S. The van der Waals surface area contributed by atoms with Crippen LogP contribution in [0.1, 0.15) is 27.8 Å². The number of hydrogen-bond acceptors (Lipinski definition) is 6. The minimum Gasteiger partial charge on any atom is -0.493 e. The summed E-state index contributed by atoms with van der Waals surface area (Å²) in [7, 11) is 1.53. The number of hydrogen-bond donors (Lipinski definition) is 0. The molecule has 34 heavy (non-hydrogen) atoms. The maximum absolute atomic E-state index is 12.9. The predicted octanol–water partition coefficient (Wildman–Crippen LogP) is 5.69. The first-order chi connectivity index (χ1) is 16.5. The minimum absolute atomic E-state index is 0.220. The highest BCUT2D eigenvalue weighted by Crippen LogP contribution is 2.35. The Bertz CT molecular complexity index is 1330. The Kier molecular flexibility index (Phi) is 7.00. The Labute approximate surface area is 202 Å². The number of nitrogens with zero attached hydrogens (tertiary/aromatic N) is 2. The Morgan fingerprint density at radius 3 is 2.62 bits per heavy atom. The van der Waals surface area contributed by atoms with Crippen LogP contribution in [0.15, 0.2) is 71.6 Å². The smallest absolute Gasteiger partial charge is 0.293 e. The molecule has 3 aromatic rings. The number of nitriles is 1. The van der Waals surface area contributed by atoms with Crippen molar-refractivity contribution in [2.24, 2.45) is 0 Å². The summed E-state index contributed by atoms with van der Waals surface area (Å²) in [4.78, 5) is 27.0. The molecule has 1 heterocycles. The zero-order valence-corrected chi connectivity index (χ0v) is 19.6. The quantitative estimate of drug-likeness (QED) is 0.413. The molecule has 1 fully saturated rings. The fourth-order valence-corrected chi connectivity index (χ4v) is 4.42. The molecule has 0 atom stereocenters. The number of carbonyl (C=O) groups excluding carboxylic acids is 2. The summed E-state index contributed by atoms with van der Waals surface area (Å²) >= 11 is 0.925. The molecule has 0 saturated carbocycles. The van der Waals surface area contributed by atoms with E-state index in [4.69, 9.17) is 9.47 Å². The third-order valence-electron chi connectivity index (χ3n) is 5.30. The lowest BCUT2D eigenvalue weighted by atomic mass is 10.1. The van der Waals surface area contributed by atoms with Crippen molar-refractivity contribution in [1.29, 1.82) is 5.26 Å². The first-order valence-electron chi connectivity index (χ1n) is 10.6. The van der Waals surface area contributed by atoms with Crippen molar-refractivity contribution in [2.75, 3.05) is 7.11 Å². The number of amides is 2. The molecular weight excluding hydrogens is 448 g/mol. The van der Waals surface area contributed by atoms with Crippen LogP contribution >= 0.6 is 11.8 Å². The van der Waals surface area contributed by atoms with Gasteiger partial charge >= 0.3 is 0 Å². The zero-order chi connectivity index (χ0) is 24.1. The molecule has 2 amide bonds. The van der Waals surface area contributed by atoms with Crippen LogP contribution < -0.4 is 9.47 Å². The summed E-state index contributed by atoms with van der Waals surface area (Å²) in [6.07, 6.45) is 1.68. The minimum atomic E-state index is -0.316. The maximum Gasteiger partial charge on any atom is 0.293 e. The first kappa shape index (κ1) is 23.1. The topological polar surface area (TPSA) is 79.6 Å². The highest BCUT2D eigenvalue weighted by Gasteiger charge is 2.35. The second-order valence-corrected chi connectivity index (χ2v) is 8.72. The van der Waals surface area contributed by atoms with Crippen LogP contribution in [0, 0.1) is 18.3 Å². The number of rotatable bonds is 7. The lowest BCUT2D eigenvalue weighted by molar-refractivity contribution is -0.123. The van der Waals surface area contributed by atoms with Crippen molar-refractivity contribution in [2.45, 2.75) is 20.1 Å². The molecule has 0 bridgehead atoms. The van der Waals surface area contributed by atoms with Crippen molar-refractivity contribution >= 4 is 29.0 Å². The largest absolute Gasteiger partial charge is 0.493 e. The van der Waals surface area contributed by atoms with Gasteiger partial charge in [-0.3, -0.25) is 14.5 Å². The van der Waals surface area contributed by atoms with Crippen LogP contribution in [0.3, 0.4) is 0 Å². The van der Waals surface area contributed by atoms with Crippen molar-refractivity contribution < 1.29 is 19.1 Å². The molecule has 1 aliphatic heterocycles.